The maximum atomic E-state index is 5.93. The standard InChI is InChI=1S/C34H26N2O/c1-34(2)28-11-5-3-10-26(28)27-21-23(17-20-29(27)34)25-9-4-6-12-30(25)35-24-18-15-22(16-19-24)33-36-31-13-7-8-14-32(31)37-33/h3-21,35H,1-2H3. The van der Waals surface area contributed by atoms with E-state index in [4.69, 9.17) is 4.42 Å². The first-order chi connectivity index (χ1) is 18.1. The topological polar surface area (TPSA) is 38.1 Å². The van der Waals surface area contributed by atoms with Gasteiger partial charge in [0.2, 0.25) is 5.89 Å². The van der Waals surface area contributed by atoms with Crippen molar-refractivity contribution in [2.24, 2.45) is 0 Å². The van der Waals surface area contributed by atoms with Gasteiger partial charge in [-0.05, 0) is 76.3 Å². The SMILES string of the molecule is CC1(C)c2ccccc2-c2cc(-c3ccccc3Nc3ccc(-c4nc5ccccc5o4)cc3)ccc21. The first-order valence-electron chi connectivity index (χ1n) is 12.6. The van der Waals surface area contributed by atoms with Crippen molar-refractivity contribution in [2.45, 2.75) is 19.3 Å². The molecule has 178 valence electrons. The van der Waals surface area contributed by atoms with Crippen LogP contribution in [0.4, 0.5) is 11.4 Å². The van der Waals surface area contributed by atoms with Crippen LogP contribution in [-0.2, 0) is 5.41 Å². The number of oxazole rings is 1. The number of para-hydroxylation sites is 3. The molecule has 7 rings (SSSR count). The van der Waals surface area contributed by atoms with Gasteiger partial charge in [0, 0.05) is 27.9 Å². The van der Waals surface area contributed by atoms with Crippen molar-refractivity contribution in [3.05, 3.63) is 126 Å². The number of nitrogens with zero attached hydrogens (tertiary/aromatic N) is 1. The molecule has 1 aliphatic carbocycles. The van der Waals surface area contributed by atoms with Crippen molar-refractivity contribution in [2.75, 3.05) is 5.32 Å². The van der Waals surface area contributed by atoms with Gasteiger partial charge in [0.15, 0.2) is 5.58 Å². The largest absolute Gasteiger partial charge is 0.436 e. The highest BCUT2D eigenvalue weighted by Gasteiger charge is 2.35. The summed E-state index contributed by atoms with van der Waals surface area (Å²) in [5.41, 5.74) is 12.6. The lowest BCUT2D eigenvalue weighted by Gasteiger charge is -2.21. The Morgan fingerprint density at radius 2 is 1.30 bits per heavy atom. The van der Waals surface area contributed by atoms with Gasteiger partial charge in [-0.1, -0.05) is 80.6 Å². The summed E-state index contributed by atoms with van der Waals surface area (Å²) in [7, 11) is 0. The Morgan fingerprint density at radius 1 is 0.622 bits per heavy atom. The second-order valence-corrected chi connectivity index (χ2v) is 10.2. The Hall–Kier alpha value is -4.63. The summed E-state index contributed by atoms with van der Waals surface area (Å²) in [5, 5.41) is 3.63. The molecule has 0 radical (unpaired) electrons. The van der Waals surface area contributed by atoms with Crippen LogP contribution >= 0.6 is 0 Å². The van der Waals surface area contributed by atoms with E-state index in [1.165, 1.54) is 33.4 Å². The van der Waals surface area contributed by atoms with Crippen molar-refractivity contribution in [1.82, 2.24) is 4.98 Å². The van der Waals surface area contributed by atoms with Crippen molar-refractivity contribution >= 4 is 22.5 Å². The number of nitrogens with one attached hydrogen (secondary N) is 1. The predicted octanol–water partition coefficient (Wildman–Crippen LogP) is 9.21. The van der Waals surface area contributed by atoms with E-state index in [1.54, 1.807) is 0 Å². The molecule has 0 saturated carbocycles. The molecule has 3 heteroatoms. The lowest BCUT2D eigenvalue weighted by Crippen LogP contribution is -2.14. The maximum absolute atomic E-state index is 5.93. The van der Waals surface area contributed by atoms with Crippen LogP contribution in [0.25, 0.3) is 44.8 Å². The molecule has 0 bridgehead atoms. The number of anilines is 2. The van der Waals surface area contributed by atoms with E-state index in [0.29, 0.717) is 5.89 Å². The van der Waals surface area contributed by atoms with Gasteiger partial charge >= 0.3 is 0 Å². The van der Waals surface area contributed by atoms with Crippen LogP contribution in [0, 0.1) is 0 Å². The quantitative estimate of drug-likeness (QED) is 0.274. The molecule has 0 saturated heterocycles. The molecule has 1 aliphatic rings. The molecule has 0 unspecified atom stereocenters. The van der Waals surface area contributed by atoms with Gasteiger partial charge < -0.3 is 9.73 Å². The predicted molar refractivity (Wildman–Crippen MR) is 152 cm³/mol. The normalized spacial score (nSPS) is 13.4. The van der Waals surface area contributed by atoms with E-state index in [1.807, 2.05) is 36.4 Å². The molecule has 0 amide bonds. The fourth-order valence-electron chi connectivity index (χ4n) is 5.58. The molecule has 0 fully saturated rings. The first kappa shape index (κ1) is 21.6. The Morgan fingerprint density at radius 3 is 2.14 bits per heavy atom. The minimum absolute atomic E-state index is 0.0126. The third-order valence-electron chi connectivity index (χ3n) is 7.53. The van der Waals surface area contributed by atoms with E-state index < -0.39 is 0 Å². The molecule has 1 aromatic heterocycles. The highest BCUT2D eigenvalue weighted by Crippen LogP contribution is 2.49. The maximum Gasteiger partial charge on any atom is 0.227 e. The third kappa shape index (κ3) is 3.54. The number of fused-ring (bicyclic) bond motifs is 4. The fourth-order valence-corrected chi connectivity index (χ4v) is 5.58. The molecular weight excluding hydrogens is 452 g/mol. The number of hydrogen-bond acceptors (Lipinski definition) is 3. The van der Waals surface area contributed by atoms with Crippen LogP contribution in [0.2, 0.25) is 0 Å². The zero-order valence-corrected chi connectivity index (χ0v) is 20.8. The molecule has 0 aliphatic heterocycles. The van der Waals surface area contributed by atoms with Crippen LogP contribution in [0.3, 0.4) is 0 Å². The van der Waals surface area contributed by atoms with Gasteiger partial charge in [-0.3, -0.25) is 0 Å². The van der Waals surface area contributed by atoms with Gasteiger partial charge in [-0.15, -0.1) is 0 Å². The molecule has 6 aromatic rings. The Kier molecular flexibility index (Phi) is 4.80. The Labute approximate surface area is 216 Å². The molecule has 0 atom stereocenters. The summed E-state index contributed by atoms with van der Waals surface area (Å²) in [5.74, 6) is 0.634. The van der Waals surface area contributed by atoms with E-state index in [-0.39, 0.29) is 5.41 Å². The fraction of sp³-hybridized carbons (Fsp3) is 0.0882. The van der Waals surface area contributed by atoms with Crippen molar-refractivity contribution in [1.29, 1.82) is 0 Å². The lowest BCUT2D eigenvalue weighted by atomic mass is 9.82. The van der Waals surface area contributed by atoms with Gasteiger partial charge in [0.05, 0.1) is 0 Å². The Bertz CT molecular complexity index is 1740. The summed E-state index contributed by atoms with van der Waals surface area (Å²) < 4.78 is 5.93. The number of rotatable bonds is 4. The second-order valence-electron chi connectivity index (χ2n) is 10.2. The third-order valence-corrected chi connectivity index (χ3v) is 7.53. The summed E-state index contributed by atoms with van der Waals surface area (Å²) in [6, 6.07) is 40.2. The number of benzene rings is 5. The highest BCUT2D eigenvalue weighted by molar-refractivity contribution is 5.88. The smallest absolute Gasteiger partial charge is 0.227 e. The molecule has 1 heterocycles. The average Bonchev–Trinajstić information content (AvgIpc) is 3.47. The summed E-state index contributed by atoms with van der Waals surface area (Å²) in [4.78, 5) is 4.62. The Balaban J connectivity index is 1.21. The van der Waals surface area contributed by atoms with Gasteiger partial charge in [-0.2, -0.15) is 0 Å². The summed E-state index contributed by atoms with van der Waals surface area (Å²) in [6.07, 6.45) is 0. The highest BCUT2D eigenvalue weighted by atomic mass is 16.3. The first-order valence-corrected chi connectivity index (χ1v) is 12.6. The number of aromatic nitrogens is 1. The van der Waals surface area contributed by atoms with Crippen molar-refractivity contribution in [3.63, 3.8) is 0 Å². The molecule has 1 N–H and O–H groups in total. The molecule has 5 aromatic carbocycles. The zero-order valence-electron chi connectivity index (χ0n) is 20.8. The van der Waals surface area contributed by atoms with E-state index in [9.17, 15) is 0 Å². The van der Waals surface area contributed by atoms with Crippen LogP contribution in [0.5, 0.6) is 0 Å². The van der Waals surface area contributed by atoms with E-state index in [0.717, 1.165) is 28.0 Å². The van der Waals surface area contributed by atoms with Crippen LogP contribution in [-0.4, -0.2) is 4.98 Å². The van der Waals surface area contributed by atoms with Crippen molar-refractivity contribution in [3.8, 4) is 33.7 Å². The van der Waals surface area contributed by atoms with Gasteiger partial charge in [-0.25, -0.2) is 4.98 Å². The lowest BCUT2D eigenvalue weighted by molar-refractivity contribution is 0.620. The number of hydrogen-bond donors (Lipinski definition) is 1. The van der Waals surface area contributed by atoms with Gasteiger partial charge in [0.25, 0.3) is 0 Å². The average molecular weight is 479 g/mol. The second kappa shape index (κ2) is 8.21. The van der Waals surface area contributed by atoms with Crippen LogP contribution in [0.1, 0.15) is 25.0 Å². The van der Waals surface area contributed by atoms with Crippen LogP contribution in [0.15, 0.2) is 120 Å². The van der Waals surface area contributed by atoms with Crippen molar-refractivity contribution < 1.29 is 4.42 Å². The molecule has 37 heavy (non-hydrogen) atoms. The van der Waals surface area contributed by atoms with E-state index in [2.05, 4.69) is 103 Å². The van der Waals surface area contributed by atoms with E-state index >= 15 is 0 Å². The minimum atomic E-state index is 0.0126. The monoisotopic (exact) mass is 478 g/mol. The molecule has 3 nitrogen and oxygen atoms in total. The van der Waals surface area contributed by atoms with Crippen LogP contribution < -0.4 is 5.32 Å². The summed E-state index contributed by atoms with van der Waals surface area (Å²) >= 11 is 0. The minimum Gasteiger partial charge on any atom is -0.436 e. The zero-order chi connectivity index (χ0) is 25.0. The molecular formula is C34H26N2O. The van der Waals surface area contributed by atoms with Gasteiger partial charge in [0.1, 0.15) is 5.52 Å². The summed E-state index contributed by atoms with van der Waals surface area (Å²) in [6.45, 7) is 4.63. The molecule has 0 spiro atoms.